The summed E-state index contributed by atoms with van der Waals surface area (Å²) in [4.78, 5) is 22.3. The molecule has 1 saturated heterocycles. The molecule has 0 atom stereocenters. The van der Waals surface area contributed by atoms with Crippen molar-refractivity contribution in [3.8, 4) is 11.3 Å². The summed E-state index contributed by atoms with van der Waals surface area (Å²) in [6.07, 6.45) is 4.78. The molecule has 6 heteroatoms. The van der Waals surface area contributed by atoms with Gasteiger partial charge in [0.1, 0.15) is 11.5 Å². The Hall–Kier alpha value is -3.51. The van der Waals surface area contributed by atoms with E-state index in [4.69, 9.17) is 4.98 Å². The van der Waals surface area contributed by atoms with Gasteiger partial charge in [0.15, 0.2) is 0 Å². The predicted molar refractivity (Wildman–Crippen MR) is 123 cm³/mol. The van der Waals surface area contributed by atoms with Crippen LogP contribution in [-0.4, -0.2) is 57.8 Å². The fourth-order valence-electron chi connectivity index (χ4n) is 4.21. The van der Waals surface area contributed by atoms with Gasteiger partial charge in [-0.2, -0.15) is 0 Å². The van der Waals surface area contributed by atoms with Crippen LogP contribution < -0.4 is 0 Å². The van der Waals surface area contributed by atoms with Gasteiger partial charge in [-0.3, -0.25) is 9.69 Å². The van der Waals surface area contributed by atoms with Gasteiger partial charge in [-0.25, -0.2) is 9.37 Å². The Morgan fingerprint density at radius 3 is 2.41 bits per heavy atom. The van der Waals surface area contributed by atoms with Crippen LogP contribution in [0.5, 0.6) is 0 Å². The third-order valence-corrected chi connectivity index (χ3v) is 6.07. The first-order valence-corrected chi connectivity index (χ1v) is 11.0. The van der Waals surface area contributed by atoms with E-state index >= 15 is 0 Å². The molecule has 1 aliphatic rings. The van der Waals surface area contributed by atoms with E-state index in [1.54, 1.807) is 0 Å². The Kier molecular flexibility index (Phi) is 5.69. The summed E-state index contributed by atoms with van der Waals surface area (Å²) in [5, 5.41) is 0. The van der Waals surface area contributed by atoms with Crippen molar-refractivity contribution in [2.24, 2.45) is 0 Å². The number of rotatable bonds is 5. The highest BCUT2D eigenvalue weighted by atomic mass is 19.1. The summed E-state index contributed by atoms with van der Waals surface area (Å²) in [5.41, 5.74) is 4.34. The Morgan fingerprint density at radius 1 is 0.906 bits per heavy atom. The maximum Gasteiger partial charge on any atom is 0.257 e. The second-order valence-electron chi connectivity index (χ2n) is 8.16. The smallest absolute Gasteiger partial charge is 0.257 e. The monoisotopic (exact) mass is 428 g/mol. The van der Waals surface area contributed by atoms with E-state index in [0.717, 1.165) is 42.9 Å². The van der Waals surface area contributed by atoms with Gasteiger partial charge in [0.05, 0.1) is 11.3 Å². The summed E-state index contributed by atoms with van der Waals surface area (Å²) in [6.45, 7) is 3.95. The molecule has 1 fully saturated rings. The minimum absolute atomic E-state index is 0.0268. The molecule has 0 radical (unpaired) electrons. The molecule has 0 aliphatic carbocycles. The van der Waals surface area contributed by atoms with Gasteiger partial charge in [0.2, 0.25) is 0 Å². The average Bonchev–Trinajstić information content (AvgIpc) is 3.29. The third kappa shape index (κ3) is 4.27. The van der Waals surface area contributed by atoms with Crippen LogP contribution in [0.4, 0.5) is 4.39 Å². The highest BCUT2D eigenvalue weighted by molar-refractivity contribution is 6.00. The van der Waals surface area contributed by atoms with Crippen molar-refractivity contribution < 1.29 is 9.18 Å². The van der Waals surface area contributed by atoms with Crippen molar-refractivity contribution in [1.29, 1.82) is 0 Å². The number of piperazine rings is 1. The molecular weight excluding hydrogens is 403 g/mol. The van der Waals surface area contributed by atoms with E-state index in [0.29, 0.717) is 24.3 Å². The summed E-state index contributed by atoms with van der Waals surface area (Å²) in [7, 11) is 0. The summed E-state index contributed by atoms with van der Waals surface area (Å²) < 4.78 is 15.0. The Labute approximate surface area is 186 Å². The molecule has 0 N–H and O–H groups in total. The number of fused-ring (bicyclic) bond motifs is 1. The average molecular weight is 429 g/mol. The van der Waals surface area contributed by atoms with E-state index in [1.807, 2.05) is 76.3 Å². The number of pyridine rings is 1. The first-order chi connectivity index (χ1) is 15.7. The van der Waals surface area contributed by atoms with E-state index < -0.39 is 0 Å². The second kappa shape index (κ2) is 8.93. The zero-order valence-corrected chi connectivity index (χ0v) is 17.8. The molecule has 4 aromatic rings. The van der Waals surface area contributed by atoms with Crippen molar-refractivity contribution in [3.05, 3.63) is 96.1 Å². The molecular formula is C26H25FN4O. The number of hydrogen-bond donors (Lipinski definition) is 0. The van der Waals surface area contributed by atoms with Gasteiger partial charge in [-0.1, -0.05) is 42.5 Å². The van der Waals surface area contributed by atoms with Crippen LogP contribution in [0.15, 0.2) is 79.1 Å². The van der Waals surface area contributed by atoms with E-state index in [-0.39, 0.29) is 11.7 Å². The Morgan fingerprint density at radius 2 is 1.66 bits per heavy atom. The van der Waals surface area contributed by atoms with Gasteiger partial charge in [-0.05, 0) is 36.2 Å². The molecule has 3 heterocycles. The number of amides is 1. The van der Waals surface area contributed by atoms with Crippen LogP contribution in [-0.2, 0) is 6.42 Å². The van der Waals surface area contributed by atoms with Crippen molar-refractivity contribution in [2.75, 3.05) is 32.7 Å². The summed E-state index contributed by atoms with van der Waals surface area (Å²) in [5.74, 6) is -0.178. The maximum absolute atomic E-state index is 13.3. The van der Waals surface area contributed by atoms with Crippen LogP contribution in [0.25, 0.3) is 16.9 Å². The number of halogens is 1. The van der Waals surface area contributed by atoms with Crippen LogP contribution in [0.1, 0.15) is 15.9 Å². The summed E-state index contributed by atoms with van der Waals surface area (Å²) >= 11 is 0. The van der Waals surface area contributed by atoms with Crippen LogP contribution in [0.2, 0.25) is 0 Å². The molecule has 162 valence electrons. The highest BCUT2D eigenvalue weighted by Gasteiger charge is 2.24. The number of imidazole rings is 1. The largest absolute Gasteiger partial charge is 0.336 e. The molecule has 1 amide bonds. The van der Waals surface area contributed by atoms with Crippen molar-refractivity contribution in [2.45, 2.75) is 6.42 Å². The van der Waals surface area contributed by atoms with E-state index in [1.165, 1.54) is 12.1 Å². The lowest BCUT2D eigenvalue weighted by Gasteiger charge is -2.34. The Balaban J connectivity index is 1.25. The lowest BCUT2D eigenvalue weighted by Crippen LogP contribution is -2.49. The minimum Gasteiger partial charge on any atom is -0.336 e. The number of carbonyl (C=O) groups is 1. The van der Waals surface area contributed by atoms with Crippen molar-refractivity contribution >= 4 is 11.6 Å². The number of nitrogens with zero attached hydrogens (tertiary/aromatic N) is 4. The fourth-order valence-corrected chi connectivity index (χ4v) is 4.21. The number of benzene rings is 2. The third-order valence-electron chi connectivity index (χ3n) is 6.07. The lowest BCUT2D eigenvalue weighted by atomic mass is 10.1. The molecule has 2 aromatic carbocycles. The molecule has 0 unspecified atom stereocenters. The minimum atomic E-state index is -0.204. The van der Waals surface area contributed by atoms with Gasteiger partial charge < -0.3 is 9.30 Å². The van der Waals surface area contributed by atoms with Gasteiger partial charge in [0, 0.05) is 50.7 Å². The zero-order chi connectivity index (χ0) is 21.9. The van der Waals surface area contributed by atoms with E-state index in [9.17, 15) is 9.18 Å². The van der Waals surface area contributed by atoms with Crippen molar-refractivity contribution in [1.82, 2.24) is 19.2 Å². The topological polar surface area (TPSA) is 40.9 Å². The Bertz CT molecular complexity index is 1210. The normalized spacial score (nSPS) is 14.7. The first-order valence-electron chi connectivity index (χ1n) is 11.0. The number of hydrogen-bond acceptors (Lipinski definition) is 3. The molecule has 5 nitrogen and oxygen atoms in total. The summed E-state index contributed by atoms with van der Waals surface area (Å²) in [6, 6.07) is 20.4. The molecule has 5 rings (SSSR count). The molecule has 2 aromatic heterocycles. The zero-order valence-electron chi connectivity index (χ0n) is 17.8. The van der Waals surface area contributed by atoms with E-state index in [2.05, 4.69) is 4.90 Å². The number of carbonyl (C=O) groups excluding carboxylic acids is 1. The van der Waals surface area contributed by atoms with Crippen LogP contribution in [0, 0.1) is 5.82 Å². The van der Waals surface area contributed by atoms with Crippen molar-refractivity contribution in [3.63, 3.8) is 0 Å². The quantitative estimate of drug-likeness (QED) is 0.480. The second-order valence-corrected chi connectivity index (χ2v) is 8.16. The molecule has 0 spiro atoms. The van der Waals surface area contributed by atoms with Crippen LogP contribution in [0.3, 0.4) is 0 Å². The molecule has 0 bridgehead atoms. The van der Waals surface area contributed by atoms with Gasteiger partial charge >= 0.3 is 0 Å². The number of aromatic nitrogens is 2. The van der Waals surface area contributed by atoms with Gasteiger partial charge in [-0.15, -0.1) is 0 Å². The lowest BCUT2D eigenvalue weighted by molar-refractivity contribution is 0.0640. The van der Waals surface area contributed by atoms with Gasteiger partial charge in [0.25, 0.3) is 5.91 Å². The predicted octanol–water partition coefficient (Wildman–Crippen LogP) is 4.14. The fraction of sp³-hybridized carbons (Fsp3) is 0.231. The maximum atomic E-state index is 13.3. The SMILES string of the molecule is O=C(c1cccn2cc(-c3ccccc3)nc12)N1CCN(CCc2ccc(F)cc2)CC1. The van der Waals surface area contributed by atoms with Crippen LogP contribution >= 0.6 is 0 Å². The highest BCUT2D eigenvalue weighted by Crippen LogP contribution is 2.22. The first kappa shape index (κ1) is 20.4. The molecule has 32 heavy (non-hydrogen) atoms. The molecule has 1 aliphatic heterocycles. The molecule has 0 saturated carbocycles. The standard InChI is InChI=1S/C26H25FN4O/c27-22-10-8-20(9-11-22)12-14-29-15-17-30(18-16-29)26(32)23-7-4-13-31-19-24(28-25(23)31)21-5-2-1-3-6-21/h1-11,13,19H,12,14-18H2.